The number of benzene rings is 2. The fourth-order valence-corrected chi connectivity index (χ4v) is 4.91. The minimum absolute atomic E-state index is 0.0466. The van der Waals surface area contributed by atoms with Crippen molar-refractivity contribution in [3.63, 3.8) is 0 Å². The van der Waals surface area contributed by atoms with Crippen molar-refractivity contribution in [3.05, 3.63) is 56.6 Å². The lowest BCUT2D eigenvalue weighted by molar-refractivity contribution is -0.385. The number of likely N-dealkylation sites (tertiary alicyclic amines) is 1. The molecule has 9 nitrogen and oxygen atoms in total. The van der Waals surface area contributed by atoms with Crippen LogP contribution in [0.4, 0.5) is 11.4 Å². The molecule has 2 saturated heterocycles. The highest BCUT2D eigenvalue weighted by Gasteiger charge is 2.26. The van der Waals surface area contributed by atoms with E-state index in [-0.39, 0.29) is 23.4 Å². The van der Waals surface area contributed by atoms with Crippen LogP contribution in [0.5, 0.6) is 11.5 Å². The Morgan fingerprint density at radius 3 is 2.39 bits per heavy atom. The van der Waals surface area contributed by atoms with Crippen molar-refractivity contribution >= 4 is 40.5 Å². The van der Waals surface area contributed by atoms with Gasteiger partial charge in [0.1, 0.15) is 11.9 Å². The highest BCUT2D eigenvalue weighted by Crippen LogP contribution is 2.32. The van der Waals surface area contributed by atoms with E-state index in [1.54, 1.807) is 6.07 Å². The molecule has 0 saturated carbocycles. The number of nitro benzene ring substituents is 1. The highest BCUT2D eigenvalue weighted by molar-refractivity contribution is 6.42. The molecule has 0 radical (unpaired) electrons. The van der Waals surface area contributed by atoms with E-state index in [1.807, 2.05) is 23.1 Å². The van der Waals surface area contributed by atoms with Crippen LogP contribution in [0.1, 0.15) is 19.3 Å². The van der Waals surface area contributed by atoms with Crippen LogP contribution in [-0.4, -0.2) is 79.7 Å². The van der Waals surface area contributed by atoms with E-state index in [0.29, 0.717) is 48.1 Å². The minimum Gasteiger partial charge on any atom is -0.490 e. The second-order valence-corrected chi connectivity index (χ2v) is 9.78. The molecule has 0 atom stereocenters. The number of halogens is 2. The molecular formula is C25H30Cl2N4O5. The van der Waals surface area contributed by atoms with Gasteiger partial charge < -0.3 is 19.3 Å². The van der Waals surface area contributed by atoms with E-state index in [9.17, 15) is 14.9 Å². The Bertz CT molecular complexity index is 1090. The first kappa shape index (κ1) is 26.3. The summed E-state index contributed by atoms with van der Waals surface area (Å²) in [7, 11) is 1.39. The summed E-state index contributed by atoms with van der Waals surface area (Å²) in [5, 5.41) is 12.2. The number of nitrogens with zero attached hydrogens (tertiary/aromatic N) is 4. The summed E-state index contributed by atoms with van der Waals surface area (Å²) < 4.78 is 11.1. The van der Waals surface area contributed by atoms with Gasteiger partial charge in [-0.15, -0.1) is 0 Å². The number of piperidine rings is 1. The van der Waals surface area contributed by atoms with Crippen molar-refractivity contribution in [3.8, 4) is 11.5 Å². The standard InChI is InChI=1S/C25H30Cl2N4O5/c1-35-24-17-20(3-5-23(24)31(33)34)36-19-6-10-30(11-7-19)25(32)8-9-28-12-14-29(15-13-28)18-2-4-21(26)22(27)16-18/h2-5,16-17,19H,6-15H2,1H3. The molecule has 2 fully saturated rings. The summed E-state index contributed by atoms with van der Waals surface area (Å²) in [4.78, 5) is 29.9. The van der Waals surface area contributed by atoms with Crippen LogP contribution in [0.15, 0.2) is 36.4 Å². The fraction of sp³-hybridized carbons (Fsp3) is 0.480. The Kier molecular flexibility index (Phi) is 8.77. The number of anilines is 1. The zero-order valence-corrected chi connectivity index (χ0v) is 21.7. The van der Waals surface area contributed by atoms with Crippen molar-refractivity contribution < 1.29 is 19.2 Å². The van der Waals surface area contributed by atoms with Gasteiger partial charge in [0.05, 0.1) is 22.1 Å². The number of hydrogen-bond donors (Lipinski definition) is 0. The van der Waals surface area contributed by atoms with E-state index in [4.69, 9.17) is 32.7 Å². The van der Waals surface area contributed by atoms with Crippen LogP contribution in [-0.2, 0) is 4.79 Å². The summed E-state index contributed by atoms with van der Waals surface area (Å²) in [5.74, 6) is 0.863. The van der Waals surface area contributed by atoms with Crippen LogP contribution >= 0.6 is 23.2 Å². The largest absolute Gasteiger partial charge is 0.490 e. The normalized spacial score (nSPS) is 17.2. The molecular weight excluding hydrogens is 507 g/mol. The van der Waals surface area contributed by atoms with Crippen molar-refractivity contribution in [2.24, 2.45) is 0 Å². The van der Waals surface area contributed by atoms with Crippen LogP contribution in [0.2, 0.25) is 10.0 Å². The number of carbonyl (C=O) groups excluding carboxylic acids is 1. The zero-order chi connectivity index (χ0) is 25.7. The van der Waals surface area contributed by atoms with Gasteiger partial charge in [0.25, 0.3) is 0 Å². The van der Waals surface area contributed by atoms with Crippen molar-refractivity contribution in [2.45, 2.75) is 25.4 Å². The number of carbonyl (C=O) groups is 1. The molecule has 0 aliphatic carbocycles. The molecule has 0 N–H and O–H groups in total. The summed E-state index contributed by atoms with van der Waals surface area (Å²) in [6.07, 6.45) is 1.88. The quantitative estimate of drug-likeness (QED) is 0.362. The van der Waals surface area contributed by atoms with E-state index < -0.39 is 4.92 Å². The predicted molar refractivity (Wildman–Crippen MR) is 140 cm³/mol. The molecule has 2 aliphatic heterocycles. The number of rotatable bonds is 8. The number of ether oxygens (including phenoxy) is 2. The smallest absolute Gasteiger partial charge is 0.311 e. The van der Waals surface area contributed by atoms with Crippen LogP contribution < -0.4 is 14.4 Å². The molecule has 4 rings (SSSR count). The van der Waals surface area contributed by atoms with Gasteiger partial charge in [0, 0.05) is 82.9 Å². The number of nitro groups is 1. The average molecular weight is 537 g/mol. The van der Waals surface area contributed by atoms with Crippen molar-refractivity contribution in [2.75, 3.05) is 57.8 Å². The van der Waals surface area contributed by atoms with Gasteiger partial charge in [-0.1, -0.05) is 23.2 Å². The third-order valence-electron chi connectivity index (χ3n) is 6.73. The van der Waals surface area contributed by atoms with E-state index >= 15 is 0 Å². The lowest BCUT2D eigenvalue weighted by Crippen LogP contribution is -2.48. The molecule has 1 amide bonds. The molecule has 2 heterocycles. The number of methoxy groups -OCH3 is 1. The minimum atomic E-state index is -0.484. The van der Waals surface area contributed by atoms with Crippen LogP contribution in [0.3, 0.4) is 0 Å². The topological polar surface area (TPSA) is 88.4 Å². The third-order valence-corrected chi connectivity index (χ3v) is 7.47. The second-order valence-electron chi connectivity index (χ2n) is 8.97. The zero-order valence-electron chi connectivity index (χ0n) is 20.2. The Morgan fingerprint density at radius 2 is 1.75 bits per heavy atom. The Balaban J connectivity index is 1.18. The first-order valence-electron chi connectivity index (χ1n) is 12.0. The molecule has 0 unspecified atom stereocenters. The number of piperazine rings is 1. The molecule has 0 aromatic heterocycles. The maximum absolute atomic E-state index is 12.8. The van der Waals surface area contributed by atoms with Gasteiger partial charge in [0.2, 0.25) is 11.7 Å². The van der Waals surface area contributed by atoms with E-state index in [2.05, 4.69) is 9.80 Å². The molecule has 2 aromatic carbocycles. The lowest BCUT2D eigenvalue weighted by Gasteiger charge is -2.37. The first-order valence-corrected chi connectivity index (χ1v) is 12.8. The Labute approximate surface area is 220 Å². The lowest BCUT2D eigenvalue weighted by atomic mass is 10.1. The molecule has 194 valence electrons. The first-order chi connectivity index (χ1) is 17.3. The average Bonchev–Trinajstić information content (AvgIpc) is 2.89. The molecule has 36 heavy (non-hydrogen) atoms. The molecule has 2 aliphatic rings. The van der Waals surface area contributed by atoms with Crippen LogP contribution in [0.25, 0.3) is 0 Å². The summed E-state index contributed by atoms with van der Waals surface area (Å²) in [5.41, 5.74) is 0.971. The van der Waals surface area contributed by atoms with Gasteiger partial charge in [-0.3, -0.25) is 19.8 Å². The monoisotopic (exact) mass is 536 g/mol. The number of amides is 1. The van der Waals surface area contributed by atoms with E-state index in [1.165, 1.54) is 19.2 Å². The summed E-state index contributed by atoms with van der Waals surface area (Å²) >= 11 is 12.2. The Hall–Kier alpha value is -2.75. The van der Waals surface area contributed by atoms with Crippen LogP contribution in [0, 0.1) is 10.1 Å². The fourth-order valence-electron chi connectivity index (χ4n) is 4.62. The summed E-state index contributed by atoms with van der Waals surface area (Å²) in [6.45, 7) is 5.55. The van der Waals surface area contributed by atoms with Crippen molar-refractivity contribution in [1.29, 1.82) is 0 Å². The van der Waals surface area contributed by atoms with Gasteiger partial charge in [0.15, 0.2) is 0 Å². The maximum Gasteiger partial charge on any atom is 0.311 e. The third kappa shape index (κ3) is 6.52. The number of hydrogen-bond acceptors (Lipinski definition) is 7. The molecule has 0 bridgehead atoms. The van der Waals surface area contributed by atoms with Gasteiger partial charge in [-0.25, -0.2) is 0 Å². The Morgan fingerprint density at radius 1 is 1.03 bits per heavy atom. The maximum atomic E-state index is 12.8. The van der Waals surface area contributed by atoms with Gasteiger partial charge >= 0.3 is 5.69 Å². The molecule has 2 aromatic rings. The van der Waals surface area contributed by atoms with Crippen molar-refractivity contribution in [1.82, 2.24) is 9.80 Å². The SMILES string of the molecule is COc1cc(OC2CCN(C(=O)CCN3CCN(c4ccc(Cl)c(Cl)c4)CC3)CC2)ccc1[N+](=O)[O-]. The predicted octanol–water partition coefficient (Wildman–Crippen LogP) is 4.49. The van der Waals surface area contributed by atoms with Gasteiger partial charge in [-0.2, -0.15) is 0 Å². The van der Waals surface area contributed by atoms with E-state index in [0.717, 1.165) is 38.4 Å². The highest BCUT2D eigenvalue weighted by atomic mass is 35.5. The summed E-state index contributed by atoms with van der Waals surface area (Å²) in [6, 6.07) is 10.2. The molecule has 0 spiro atoms. The van der Waals surface area contributed by atoms with Gasteiger partial charge in [-0.05, 0) is 24.3 Å². The molecule has 11 heteroatoms. The second kappa shape index (κ2) is 12.0.